The van der Waals surface area contributed by atoms with Crippen LogP contribution in [0.5, 0.6) is 0 Å². The van der Waals surface area contributed by atoms with Gasteiger partial charge in [0.05, 0.1) is 0 Å². The Morgan fingerprint density at radius 2 is 1.33 bits per heavy atom. The largest absolute Gasteiger partial charge is 0.310 e. The van der Waals surface area contributed by atoms with E-state index in [2.05, 4.69) is 69.2 Å². The van der Waals surface area contributed by atoms with Gasteiger partial charge in [0.25, 0.3) is 0 Å². The Bertz CT molecular complexity index is 230. The molecular formula is C13H24N2. The van der Waals surface area contributed by atoms with Crippen LogP contribution in [-0.4, -0.2) is 44.5 Å². The lowest BCUT2D eigenvalue weighted by Crippen LogP contribution is -2.10. The van der Waals surface area contributed by atoms with E-state index < -0.39 is 0 Å². The number of hydrogen-bond donors (Lipinski definition) is 0. The Morgan fingerprint density at radius 3 is 1.67 bits per heavy atom. The van der Waals surface area contributed by atoms with Crippen molar-refractivity contribution in [2.75, 3.05) is 34.7 Å². The summed E-state index contributed by atoms with van der Waals surface area (Å²) in [6, 6.07) is 10.5. The van der Waals surface area contributed by atoms with Gasteiger partial charge in [0, 0.05) is 6.54 Å². The van der Waals surface area contributed by atoms with Crippen molar-refractivity contribution in [3.05, 3.63) is 35.9 Å². The molecule has 0 N–H and O–H groups in total. The molecule has 0 unspecified atom stereocenters. The molecule has 0 fully saturated rings. The molecule has 0 atom stereocenters. The van der Waals surface area contributed by atoms with Crippen LogP contribution >= 0.6 is 0 Å². The van der Waals surface area contributed by atoms with Gasteiger partial charge in [-0.2, -0.15) is 0 Å². The molecule has 0 aliphatic carbocycles. The van der Waals surface area contributed by atoms with Crippen molar-refractivity contribution in [2.24, 2.45) is 0 Å². The minimum absolute atomic E-state index is 1.03. The molecule has 0 amide bonds. The maximum atomic E-state index is 2.16. The highest BCUT2D eigenvalue weighted by Crippen LogP contribution is 1.99. The van der Waals surface area contributed by atoms with Gasteiger partial charge in [0.15, 0.2) is 0 Å². The van der Waals surface area contributed by atoms with Crippen LogP contribution in [0.3, 0.4) is 0 Å². The van der Waals surface area contributed by atoms with Crippen molar-refractivity contribution >= 4 is 0 Å². The van der Waals surface area contributed by atoms with Crippen LogP contribution in [-0.2, 0) is 6.54 Å². The summed E-state index contributed by atoms with van der Waals surface area (Å²) in [4.78, 5) is 4.29. The van der Waals surface area contributed by atoms with Gasteiger partial charge in [0.2, 0.25) is 0 Å². The molecule has 0 aliphatic heterocycles. The monoisotopic (exact) mass is 208 g/mol. The standard InChI is InChI=1S/C9H13N.C4H11N/c1-10(2)8-9-6-4-3-5-7-9;1-4-5(2)3/h3-7H,8H2,1-2H3;4H2,1-3H3. The van der Waals surface area contributed by atoms with Crippen LogP contribution in [0.1, 0.15) is 12.5 Å². The third-order valence-corrected chi connectivity index (χ3v) is 1.97. The average molecular weight is 208 g/mol. The number of hydrogen-bond acceptors (Lipinski definition) is 2. The zero-order valence-corrected chi connectivity index (χ0v) is 10.7. The summed E-state index contributed by atoms with van der Waals surface area (Å²) in [6.45, 7) is 4.29. The van der Waals surface area contributed by atoms with E-state index in [1.54, 1.807) is 0 Å². The second-order valence-corrected chi connectivity index (χ2v) is 4.12. The van der Waals surface area contributed by atoms with Gasteiger partial charge in [0.1, 0.15) is 0 Å². The van der Waals surface area contributed by atoms with Gasteiger partial charge in [-0.25, -0.2) is 0 Å². The predicted molar refractivity (Wildman–Crippen MR) is 68.1 cm³/mol. The summed E-state index contributed by atoms with van der Waals surface area (Å²) < 4.78 is 0. The van der Waals surface area contributed by atoms with Crippen molar-refractivity contribution in [1.29, 1.82) is 0 Å². The molecule has 0 bridgehead atoms. The third-order valence-electron chi connectivity index (χ3n) is 1.97. The lowest BCUT2D eigenvalue weighted by molar-refractivity contribution is 0.402. The fraction of sp³-hybridized carbons (Fsp3) is 0.538. The van der Waals surface area contributed by atoms with Gasteiger partial charge in [-0.05, 0) is 40.3 Å². The molecule has 0 aliphatic rings. The molecule has 0 radical (unpaired) electrons. The van der Waals surface area contributed by atoms with E-state index in [-0.39, 0.29) is 0 Å². The van der Waals surface area contributed by atoms with Crippen LogP contribution in [0.25, 0.3) is 0 Å². The van der Waals surface area contributed by atoms with Gasteiger partial charge in [-0.1, -0.05) is 37.3 Å². The van der Waals surface area contributed by atoms with Crippen molar-refractivity contribution in [3.63, 3.8) is 0 Å². The van der Waals surface area contributed by atoms with Crippen LogP contribution < -0.4 is 0 Å². The van der Waals surface area contributed by atoms with E-state index in [1.807, 2.05) is 6.07 Å². The minimum Gasteiger partial charge on any atom is -0.310 e. The fourth-order valence-electron chi connectivity index (χ4n) is 0.949. The van der Waals surface area contributed by atoms with E-state index in [4.69, 9.17) is 0 Å². The van der Waals surface area contributed by atoms with Gasteiger partial charge >= 0.3 is 0 Å². The summed E-state index contributed by atoms with van der Waals surface area (Å²) in [6.07, 6.45) is 0. The Labute approximate surface area is 94.5 Å². The van der Waals surface area contributed by atoms with E-state index in [0.717, 1.165) is 13.1 Å². The molecule has 86 valence electrons. The molecule has 1 aromatic rings. The van der Waals surface area contributed by atoms with E-state index in [1.165, 1.54) is 5.56 Å². The predicted octanol–water partition coefficient (Wildman–Crippen LogP) is 2.32. The van der Waals surface area contributed by atoms with E-state index >= 15 is 0 Å². The Hall–Kier alpha value is -0.860. The summed E-state index contributed by atoms with van der Waals surface area (Å²) >= 11 is 0. The average Bonchev–Trinajstić information content (AvgIpc) is 2.19. The first-order valence-electron chi connectivity index (χ1n) is 5.39. The number of nitrogens with zero attached hydrogens (tertiary/aromatic N) is 2. The summed E-state index contributed by atoms with van der Waals surface area (Å²) in [5.41, 5.74) is 1.37. The lowest BCUT2D eigenvalue weighted by Gasteiger charge is -2.08. The number of rotatable bonds is 3. The second-order valence-electron chi connectivity index (χ2n) is 4.12. The van der Waals surface area contributed by atoms with Crippen molar-refractivity contribution in [2.45, 2.75) is 13.5 Å². The quantitative estimate of drug-likeness (QED) is 0.752. The van der Waals surface area contributed by atoms with Crippen LogP contribution in [0.15, 0.2) is 30.3 Å². The van der Waals surface area contributed by atoms with Crippen molar-refractivity contribution in [3.8, 4) is 0 Å². The van der Waals surface area contributed by atoms with E-state index in [9.17, 15) is 0 Å². The maximum Gasteiger partial charge on any atom is 0.0227 e. The lowest BCUT2D eigenvalue weighted by atomic mass is 10.2. The highest BCUT2D eigenvalue weighted by molar-refractivity contribution is 5.14. The maximum absolute atomic E-state index is 2.16. The molecule has 15 heavy (non-hydrogen) atoms. The van der Waals surface area contributed by atoms with Crippen molar-refractivity contribution < 1.29 is 0 Å². The SMILES string of the molecule is CCN(C)C.CN(C)Cc1ccccc1. The summed E-state index contributed by atoms with van der Waals surface area (Å²) in [7, 11) is 8.26. The zero-order valence-electron chi connectivity index (χ0n) is 10.7. The van der Waals surface area contributed by atoms with Crippen LogP contribution in [0.2, 0.25) is 0 Å². The highest BCUT2D eigenvalue weighted by Gasteiger charge is 1.90. The molecule has 0 saturated carbocycles. The molecule has 1 aromatic carbocycles. The Kier molecular flexibility index (Phi) is 7.96. The third kappa shape index (κ3) is 9.44. The van der Waals surface area contributed by atoms with Gasteiger partial charge in [-0.15, -0.1) is 0 Å². The first kappa shape index (κ1) is 14.1. The minimum atomic E-state index is 1.03. The Balaban J connectivity index is 0.000000336. The molecule has 0 heterocycles. The summed E-state index contributed by atoms with van der Waals surface area (Å²) in [5.74, 6) is 0. The number of benzene rings is 1. The highest BCUT2D eigenvalue weighted by atomic mass is 15.0. The summed E-state index contributed by atoms with van der Waals surface area (Å²) in [5, 5.41) is 0. The van der Waals surface area contributed by atoms with Crippen LogP contribution in [0, 0.1) is 0 Å². The first-order chi connectivity index (χ1) is 7.06. The topological polar surface area (TPSA) is 6.48 Å². The van der Waals surface area contributed by atoms with Crippen molar-refractivity contribution in [1.82, 2.24) is 9.80 Å². The molecule has 0 aromatic heterocycles. The zero-order chi connectivity index (χ0) is 11.7. The van der Waals surface area contributed by atoms with Gasteiger partial charge in [-0.3, -0.25) is 0 Å². The first-order valence-corrected chi connectivity index (χ1v) is 5.39. The normalized spacial score (nSPS) is 10.1. The van der Waals surface area contributed by atoms with E-state index in [0.29, 0.717) is 0 Å². The molecular weight excluding hydrogens is 184 g/mol. The molecule has 1 rings (SSSR count). The second kappa shape index (κ2) is 8.45. The molecule has 2 nitrogen and oxygen atoms in total. The molecule has 2 heteroatoms. The molecule has 0 spiro atoms. The van der Waals surface area contributed by atoms with Gasteiger partial charge < -0.3 is 9.80 Å². The Morgan fingerprint density at radius 1 is 0.867 bits per heavy atom. The fourth-order valence-corrected chi connectivity index (χ4v) is 0.949. The smallest absolute Gasteiger partial charge is 0.0227 e. The van der Waals surface area contributed by atoms with Crippen LogP contribution in [0.4, 0.5) is 0 Å². The molecule has 0 saturated heterocycles.